The van der Waals surface area contributed by atoms with E-state index in [0.717, 1.165) is 32.0 Å². The van der Waals surface area contributed by atoms with Crippen LogP contribution in [-0.2, 0) is 20.1 Å². The molecule has 0 aliphatic carbocycles. The maximum atomic E-state index is 4.40. The monoisotopic (exact) mass is 331 g/mol. The molecule has 0 radical (unpaired) electrons. The van der Waals surface area contributed by atoms with E-state index in [4.69, 9.17) is 0 Å². The van der Waals surface area contributed by atoms with E-state index >= 15 is 0 Å². The SMILES string of the molecule is CCn1ncnc1CN(C)C[C@@H]1CCCN(C)[C@H]1c1cncn1C. The fourth-order valence-electron chi connectivity index (χ4n) is 3.95. The lowest BCUT2D eigenvalue weighted by Gasteiger charge is -2.40. The summed E-state index contributed by atoms with van der Waals surface area (Å²) >= 11 is 0. The topological polar surface area (TPSA) is 55.0 Å². The second-order valence-electron chi connectivity index (χ2n) is 6.95. The molecule has 2 aromatic heterocycles. The molecule has 0 spiro atoms. The predicted octanol–water partition coefficient (Wildman–Crippen LogP) is 1.55. The highest BCUT2D eigenvalue weighted by atomic mass is 15.3. The summed E-state index contributed by atoms with van der Waals surface area (Å²) in [6.07, 6.45) is 8.09. The number of nitrogens with zero attached hydrogens (tertiary/aromatic N) is 7. The fourth-order valence-corrected chi connectivity index (χ4v) is 3.95. The molecular formula is C17H29N7. The molecule has 24 heavy (non-hydrogen) atoms. The van der Waals surface area contributed by atoms with Gasteiger partial charge in [-0.3, -0.25) is 9.80 Å². The van der Waals surface area contributed by atoms with Crippen LogP contribution in [0.1, 0.15) is 37.3 Å². The highest BCUT2D eigenvalue weighted by molar-refractivity contribution is 5.08. The van der Waals surface area contributed by atoms with Crippen LogP contribution in [0.2, 0.25) is 0 Å². The number of aryl methyl sites for hydroxylation is 2. The van der Waals surface area contributed by atoms with Gasteiger partial charge in [-0.1, -0.05) is 0 Å². The van der Waals surface area contributed by atoms with Crippen LogP contribution in [0.25, 0.3) is 0 Å². The van der Waals surface area contributed by atoms with Gasteiger partial charge in [0.05, 0.1) is 24.6 Å². The quantitative estimate of drug-likeness (QED) is 0.804. The van der Waals surface area contributed by atoms with Gasteiger partial charge in [-0.25, -0.2) is 14.6 Å². The van der Waals surface area contributed by atoms with Crippen LogP contribution < -0.4 is 0 Å². The van der Waals surface area contributed by atoms with Crippen molar-refractivity contribution in [2.45, 2.75) is 38.9 Å². The third kappa shape index (κ3) is 3.52. The summed E-state index contributed by atoms with van der Waals surface area (Å²) < 4.78 is 4.13. The van der Waals surface area contributed by atoms with E-state index in [-0.39, 0.29) is 0 Å². The molecule has 1 saturated heterocycles. The Hall–Kier alpha value is -1.73. The van der Waals surface area contributed by atoms with Crippen LogP contribution in [-0.4, -0.2) is 61.3 Å². The Morgan fingerprint density at radius 3 is 2.88 bits per heavy atom. The standard InChI is InChI=1S/C17H29N7/c1-5-24-16(19-12-20-24)11-21(2)10-14-7-6-8-22(3)17(14)15-9-18-13-23(15)4/h9,12-14,17H,5-8,10-11H2,1-4H3/t14-,17+/m0/s1. The summed E-state index contributed by atoms with van der Waals surface area (Å²) in [6, 6.07) is 0.428. The predicted molar refractivity (Wildman–Crippen MR) is 93.3 cm³/mol. The zero-order valence-corrected chi connectivity index (χ0v) is 15.3. The minimum atomic E-state index is 0.428. The molecular weight excluding hydrogens is 302 g/mol. The van der Waals surface area contributed by atoms with E-state index in [0.29, 0.717) is 12.0 Å². The number of hydrogen-bond donors (Lipinski definition) is 0. The van der Waals surface area contributed by atoms with Gasteiger partial charge in [0.15, 0.2) is 0 Å². The van der Waals surface area contributed by atoms with E-state index < -0.39 is 0 Å². The molecule has 132 valence electrons. The van der Waals surface area contributed by atoms with Crippen molar-refractivity contribution in [3.63, 3.8) is 0 Å². The number of aromatic nitrogens is 5. The lowest BCUT2D eigenvalue weighted by molar-refractivity contribution is 0.0870. The van der Waals surface area contributed by atoms with E-state index in [2.05, 4.69) is 57.5 Å². The van der Waals surface area contributed by atoms with Crippen molar-refractivity contribution >= 4 is 0 Å². The molecule has 2 aromatic rings. The van der Waals surface area contributed by atoms with E-state index in [1.807, 2.05) is 17.2 Å². The fraction of sp³-hybridized carbons (Fsp3) is 0.706. The van der Waals surface area contributed by atoms with Gasteiger partial charge in [0.1, 0.15) is 12.2 Å². The van der Waals surface area contributed by atoms with Crippen molar-refractivity contribution in [3.8, 4) is 0 Å². The maximum absolute atomic E-state index is 4.40. The van der Waals surface area contributed by atoms with Crippen molar-refractivity contribution < 1.29 is 0 Å². The second-order valence-corrected chi connectivity index (χ2v) is 6.95. The van der Waals surface area contributed by atoms with Crippen LogP contribution in [0, 0.1) is 5.92 Å². The molecule has 7 heteroatoms. The van der Waals surface area contributed by atoms with Gasteiger partial charge >= 0.3 is 0 Å². The maximum Gasteiger partial charge on any atom is 0.140 e. The summed E-state index contributed by atoms with van der Waals surface area (Å²) in [7, 11) is 6.51. The van der Waals surface area contributed by atoms with Crippen LogP contribution in [0.4, 0.5) is 0 Å². The molecule has 0 aromatic carbocycles. The van der Waals surface area contributed by atoms with Gasteiger partial charge in [-0.05, 0) is 46.3 Å². The van der Waals surface area contributed by atoms with E-state index in [1.165, 1.54) is 18.5 Å². The summed E-state index contributed by atoms with van der Waals surface area (Å²) in [5, 5.41) is 4.27. The smallest absolute Gasteiger partial charge is 0.140 e. The highest BCUT2D eigenvalue weighted by Crippen LogP contribution is 2.35. The molecule has 0 saturated carbocycles. The average molecular weight is 331 g/mol. The molecule has 0 amide bonds. The first-order valence-corrected chi connectivity index (χ1v) is 8.81. The zero-order valence-electron chi connectivity index (χ0n) is 15.3. The van der Waals surface area contributed by atoms with Crippen molar-refractivity contribution in [1.29, 1.82) is 0 Å². The first-order chi connectivity index (χ1) is 11.6. The van der Waals surface area contributed by atoms with Crippen LogP contribution >= 0.6 is 0 Å². The van der Waals surface area contributed by atoms with Crippen molar-refractivity contribution in [2.75, 3.05) is 27.2 Å². The van der Waals surface area contributed by atoms with Crippen LogP contribution in [0.5, 0.6) is 0 Å². The Kier molecular flexibility index (Phi) is 5.30. The van der Waals surface area contributed by atoms with Crippen LogP contribution in [0.3, 0.4) is 0 Å². The van der Waals surface area contributed by atoms with Gasteiger partial charge < -0.3 is 4.57 Å². The van der Waals surface area contributed by atoms with Gasteiger partial charge in [0, 0.05) is 26.3 Å². The molecule has 3 rings (SSSR count). The Balaban J connectivity index is 1.70. The Morgan fingerprint density at radius 2 is 2.17 bits per heavy atom. The van der Waals surface area contributed by atoms with Gasteiger partial charge in [0.25, 0.3) is 0 Å². The molecule has 0 bridgehead atoms. The first-order valence-electron chi connectivity index (χ1n) is 8.81. The highest BCUT2D eigenvalue weighted by Gasteiger charge is 2.33. The van der Waals surface area contributed by atoms with Crippen molar-refractivity contribution in [2.24, 2.45) is 13.0 Å². The van der Waals surface area contributed by atoms with Crippen LogP contribution in [0.15, 0.2) is 18.9 Å². The third-order valence-corrected chi connectivity index (χ3v) is 5.12. The van der Waals surface area contributed by atoms with Crippen molar-refractivity contribution in [3.05, 3.63) is 30.4 Å². The third-order valence-electron chi connectivity index (χ3n) is 5.12. The van der Waals surface area contributed by atoms with E-state index in [9.17, 15) is 0 Å². The van der Waals surface area contributed by atoms with Gasteiger partial charge in [0.2, 0.25) is 0 Å². The normalized spacial score (nSPS) is 22.4. The molecule has 1 fully saturated rings. The number of likely N-dealkylation sites (tertiary alicyclic amines) is 1. The second kappa shape index (κ2) is 7.44. The number of rotatable bonds is 6. The number of piperidine rings is 1. The average Bonchev–Trinajstić information content (AvgIpc) is 3.16. The molecule has 1 aliphatic heterocycles. The Morgan fingerprint density at radius 1 is 1.33 bits per heavy atom. The molecule has 2 atom stereocenters. The van der Waals surface area contributed by atoms with E-state index in [1.54, 1.807) is 6.33 Å². The summed E-state index contributed by atoms with van der Waals surface area (Å²) in [5.41, 5.74) is 1.31. The first kappa shape index (κ1) is 17.1. The van der Waals surface area contributed by atoms with Gasteiger partial charge in [-0.2, -0.15) is 5.10 Å². The summed E-state index contributed by atoms with van der Waals surface area (Å²) in [5.74, 6) is 1.64. The number of hydrogen-bond acceptors (Lipinski definition) is 5. The molecule has 0 N–H and O–H groups in total. The van der Waals surface area contributed by atoms with Gasteiger partial charge in [-0.15, -0.1) is 0 Å². The molecule has 0 unspecified atom stereocenters. The minimum Gasteiger partial charge on any atom is -0.336 e. The Bertz CT molecular complexity index is 647. The molecule has 1 aliphatic rings. The zero-order chi connectivity index (χ0) is 17.1. The summed E-state index contributed by atoms with van der Waals surface area (Å²) in [6.45, 7) is 6.02. The lowest BCUT2D eigenvalue weighted by atomic mass is 9.87. The summed E-state index contributed by atoms with van der Waals surface area (Å²) in [4.78, 5) is 13.6. The molecule has 7 nitrogen and oxygen atoms in total. The lowest BCUT2D eigenvalue weighted by Crippen LogP contribution is -2.41. The largest absolute Gasteiger partial charge is 0.336 e. The molecule has 3 heterocycles. The van der Waals surface area contributed by atoms with Crippen molar-refractivity contribution in [1.82, 2.24) is 34.1 Å². The number of imidazole rings is 1. The minimum absolute atomic E-state index is 0.428. The Labute approximate surface area is 144 Å².